The van der Waals surface area contributed by atoms with Crippen molar-refractivity contribution >= 4 is 48.0 Å². The molecule has 2 aliphatic rings. The topological polar surface area (TPSA) is 52.0 Å². The van der Waals surface area contributed by atoms with Gasteiger partial charge in [0.2, 0.25) is 0 Å². The Bertz CT molecular complexity index is 573. The smallest absolute Gasteiger partial charge is 0.0406 e. The van der Waals surface area contributed by atoms with Crippen molar-refractivity contribution < 1.29 is 0 Å². The van der Waals surface area contributed by atoms with E-state index in [0.29, 0.717) is 23.9 Å². The molecule has 2 saturated carbocycles. The highest BCUT2D eigenvalue weighted by Crippen LogP contribution is 2.39. The maximum absolute atomic E-state index is 5.74. The van der Waals surface area contributed by atoms with E-state index in [1.165, 1.54) is 11.1 Å². The van der Waals surface area contributed by atoms with Gasteiger partial charge in [0.25, 0.3) is 0 Å². The Morgan fingerprint density at radius 3 is 1.08 bits per heavy atom. The van der Waals surface area contributed by atoms with Crippen molar-refractivity contribution in [1.82, 2.24) is 0 Å². The van der Waals surface area contributed by atoms with Crippen molar-refractivity contribution in [1.29, 1.82) is 0 Å². The molecule has 0 unspecified atom stereocenters. The molecule has 24 heavy (non-hydrogen) atoms. The van der Waals surface area contributed by atoms with E-state index in [2.05, 4.69) is 24.3 Å². The predicted molar refractivity (Wildman–Crippen MR) is 108 cm³/mol. The Morgan fingerprint density at radius 1 is 0.625 bits per heavy atom. The molecular weight excluding hydrogens is 386 g/mol. The van der Waals surface area contributed by atoms with E-state index in [1.807, 2.05) is 24.3 Å². The van der Waals surface area contributed by atoms with Crippen molar-refractivity contribution in [3.8, 4) is 0 Å². The van der Waals surface area contributed by atoms with Crippen LogP contribution in [0.1, 0.15) is 35.8 Å². The Hall–Kier alpha value is -0.480. The lowest BCUT2D eigenvalue weighted by molar-refractivity contribution is 0.990. The van der Waals surface area contributed by atoms with Crippen LogP contribution in [0, 0.1) is 0 Å². The molecule has 0 radical (unpaired) electrons. The molecule has 2 aliphatic carbocycles. The van der Waals surface area contributed by atoms with Crippen LogP contribution in [0.2, 0.25) is 10.0 Å². The molecule has 0 amide bonds. The first kappa shape index (κ1) is 21.6. The highest BCUT2D eigenvalue weighted by Gasteiger charge is 2.35. The highest BCUT2D eigenvalue weighted by molar-refractivity contribution is 6.30. The average Bonchev–Trinajstić information content (AvgIpc) is 3.41. The Labute approximate surface area is 165 Å². The van der Waals surface area contributed by atoms with Gasteiger partial charge in [0, 0.05) is 34.0 Å². The largest absolute Gasteiger partial charge is 0.327 e. The summed E-state index contributed by atoms with van der Waals surface area (Å²) in [6.45, 7) is 0. The minimum Gasteiger partial charge on any atom is -0.327 e. The van der Waals surface area contributed by atoms with Crippen molar-refractivity contribution in [2.45, 2.75) is 36.8 Å². The number of rotatable bonds is 2. The van der Waals surface area contributed by atoms with Crippen LogP contribution >= 0.6 is 48.0 Å². The summed E-state index contributed by atoms with van der Waals surface area (Å²) in [7, 11) is 0. The fourth-order valence-electron chi connectivity index (χ4n) is 2.62. The quantitative estimate of drug-likeness (QED) is 0.722. The Kier molecular flexibility index (Phi) is 8.34. The highest BCUT2D eigenvalue weighted by atomic mass is 35.5. The van der Waals surface area contributed by atoms with E-state index >= 15 is 0 Å². The molecule has 2 fully saturated rings. The monoisotopic (exact) mass is 406 g/mol. The molecule has 2 aromatic rings. The number of halogens is 4. The summed E-state index contributed by atoms with van der Waals surface area (Å²) < 4.78 is 0. The molecule has 2 nitrogen and oxygen atoms in total. The van der Waals surface area contributed by atoms with Crippen molar-refractivity contribution in [3.05, 3.63) is 69.7 Å². The van der Waals surface area contributed by atoms with Crippen LogP contribution in [-0.4, -0.2) is 12.1 Å². The van der Waals surface area contributed by atoms with Gasteiger partial charge in [0.1, 0.15) is 0 Å². The fraction of sp³-hybridized carbons (Fsp3) is 0.333. The van der Waals surface area contributed by atoms with Gasteiger partial charge in [0.05, 0.1) is 0 Å². The van der Waals surface area contributed by atoms with Gasteiger partial charge in [-0.05, 0) is 48.2 Å². The van der Waals surface area contributed by atoms with Gasteiger partial charge in [-0.3, -0.25) is 0 Å². The van der Waals surface area contributed by atoms with Crippen molar-refractivity contribution in [2.24, 2.45) is 11.5 Å². The van der Waals surface area contributed by atoms with E-state index in [-0.39, 0.29) is 24.8 Å². The van der Waals surface area contributed by atoms with Crippen LogP contribution in [0.3, 0.4) is 0 Å². The van der Waals surface area contributed by atoms with Crippen LogP contribution in [0.4, 0.5) is 0 Å². The van der Waals surface area contributed by atoms with Crippen molar-refractivity contribution in [3.63, 3.8) is 0 Å². The Balaban J connectivity index is 0.000000222. The van der Waals surface area contributed by atoms with Gasteiger partial charge in [0.15, 0.2) is 0 Å². The number of benzene rings is 2. The molecule has 4 N–H and O–H groups in total. The first-order chi connectivity index (χ1) is 10.5. The lowest BCUT2D eigenvalue weighted by Crippen LogP contribution is -2.00. The molecular formula is C18H22Cl4N2. The maximum atomic E-state index is 5.74. The second kappa shape index (κ2) is 9.28. The van der Waals surface area contributed by atoms with Crippen molar-refractivity contribution in [2.75, 3.05) is 0 Å². The maximum Gasteiger partial charge on any atom is 0.0406 e. The summed E-state index contributed by atoms with van der Waals surface area (Å²) >= 11 is 11.5. The van der Waals surface area contributed by atoms with Gasteiger partial charge >= 0.3 is 0 Å². The van der Waals surface area contributed by atoms with E-state index in [4.69, 9.17) is 34.7 Å². The summed E-state index contributed by atoms with van der Waals surface area (Å²) in [6, 6.07) is 16.7. The first-order valence-corrected chi connectivity index (χ1v) is 8.32. The molecule has 4 rings (SSSR count). The lowest BCUT2D eigenvalue weighted by atomic mass is 10.1. The third-order valence-corrected chi connectivity index (χ3v) is 4.78. The van der Waals surface area contributed by atoms with Gasteiger partial charge in [-0.25, -0.2) is 0 Å². The standard InChI is InChI=1S/2C9H10ClN.2ClH/c2*10-7-3-1-6(2-4-7)8-5-9(8)11;;/h2*1-4,8-9H,5,11H2;2*1H/t2*8-,9+;;/m10../s1. The minimum absolute atomic E-state index is 0. The van der Waals surface area contributed by atoms with E-state index in [0.717, 1.165) is 22.9 Å². The van der Waals surface area contributed by atoms with Crippen LogP contribution < -0.4 is 11.5 Å². The van der Waals surface area contributed by atoms with Gasteiger partial charge in [-0.1, -0.05) is 47.5 Å². The second-order valence-electron chi connectivity index (χ2n) is 6.12. The first-order valence-electron chi connectivity index (χ1n) is 7.56. The third-order valence-electron chi connectivity index (χ3n) is 4.28. The Morgan fingerprint density at radius 2 is 0.875 bits per heavy atom. The summed E-state index contributed by atoms with van der Waals surface area (Å²) in [5.41, 5.74) is 14.0. The molecule has 6 heteroatoms. The molecule has 0 aliphatic heterocycles. The number of hydrogen-bond donors (Lipinski definition) is 2. The average molecular weight is 408 g/mol. The lowest BCUT2D eigenvalue weighted by Gasteiger charge is -1.96. The van der Waals surface area contributed by atoms with Crippen LogP contribution in [0.15, 0.2) is 48.5 Å². The summed E-state index contributed by atoms with van der Waals surface area (Å²) in [5.74, 6) is 1.18. The SMILES string of the molecule is Cl.Cl.N[C@@H]1C[C@H]1c1ccc(Cl)cc1.N[C@H]1C[C@@H]1c1ccc(Cl)cc1. The molecule has 0 saturated heterocycles. The molecule has 2 aromatic carbocycles. The molecule has 0 aromatic heterocycles. The van der Waals surface area contributed by atoms with Gasteiger partial charge in [-0.15, -0.1) is 24.8 Å². The van der Waals surface area contributed by atoms with E-state index < -0.39 is 0 Å². The van der Waals surface area contributed by atoms with Crippen LogP contribution in [-0.2, 0) is 0 Å². The zero-order chi connectivity index (χ0) is 15.7. The molecule has 132 valence electrons. The zero-order valence-corrected chi connectivity index (χ0v) is 16.2. The normalized spacial score (nSPS) is 26.2. The zero-order valence-electron chi connectivity index (χ0n) is 13.1. The van der Waals surface area contributed by atoms with Gasteiger partial charge < -0.3 is 11.5 Å². The van der Waals surface area contributed by atoms with Gasteiger partial charge in [-0.2, -0.15) is 0 Å². The summed E-state index contributed by atoms with van der Waals surface area (Å²) in [4.78, 5) is 0. The summed E-state index contributed by atoms with van der Waals surface area (Å²) in [6.07, 6.45) is 2.25. The number of nitrogens with two attached hydrogens (primary N) is 2. The van der Waals surface area contributed by atoms with Crippen LogP contribution in [0.5, 0.6) is 0 Å². The fourth-order valence-corrected chi connectivity index (χ4v) is 2.87. The summed E-state index contributed by atoms with van der Waals surface area (Å²) in [5, 5.41) is 1.59. The molecule has 0 bridgehead atoms. The number of hydrogen-bond acceptors (Lipinski definition) is 2. The molecule has 0 spiro atoms. The molecule has 0 heterocycles. The second-order valence-corrected chi connectivity index (χ2v) is 6.99. The predicted octanol–water partition coefficient (Wildman–Crippen LogP) is 5.15. The van der Waals surface area contributed by atoms with E-state index in [1.54, 1.807) is 0 Å². The minimum atomic E-state index is 0. The van der Waals surface area contributed by atoms with Crippen LogP contribution in [0.25, 0.3) is 0 Å². The third kappa shape index (κ3) is 5.80. The molecule has 4 atom stereocenters. The van der Waals surface area contributed by atoms with E-state index in [9.17, 15) is 0 Å².